The van der Waals surface area contributed by atoms with Gasteiger partial charge >= 0.3 is 0 Å². The highest BCUT2D eigenvalue weighted by Crippen LogP contribution is 2.34. The highest BCUT2D eigenvalue weighted by molar-refractivity contribution is 7.86. The lowest BCUT2D eigenvalue weighted by atomic mass is 10.3. The molecule has 2 saturated heterocycles. The van der Waals surface area contributed by atoms with Gasteiger partial charge in [-0.05, 0) is 38.9 Å². The summed E-state index contributed by atoms with van der Waals surface area (Å²) < 4.78 is 39.4. The third-order valence-corrected chi connectivity index (χ3v) is 7.79. The number of hydrogen-bond donors (Lipinski definition) is 0. The zero-order valence-electron chi connectivity index (χ0n) is 15.9. The van der Waals surface area contributed by atoms with Gasteiger partial charge in [0.25, 0.3) is 10.2 Å². The molecule has 0 amide bonds. The van der Waals surface area contributed by atoms with Crippen LogP contribution in [0.2, 0.25) is 0 Å². The van der Waals surface area contributed by atoms with Gasteiger partial charge < -0.3 is 9.30 Å². The van der Waals surface area contributed by atoms with Gasteiger partial charge in [0.15, 0.2) is 4.77 Å². The van der Waals surface area contributed by atoms with Gasteiger partial charge in [0.05, 0.1) is 18.9 Å². The lowest BCUT2D eigenvalue weighted by Gasteiger charge is -2.40. The Morgan fingerprint density at radius 3 is 2.33 bits per heavy atom. The fraction of sp³-hybridized carbons (Fsp3) is 0.875. The summed E-state index contributed by atoms with van der Waals surface area (Å²) in [7, 11) is -3.44. The van der Waals surface area contributed by atoms with Crippen LogP contribution in [0, 0.1) is 4.77 Å². The second kappa shape index (κ2) is 7.53. The maximum Gasteiger partial charge on any atom is 0.282 e. The van der Waals surface area contributed by atoms with Gasteiger partial charge in [-0.15, -0.1) is 0 Å². The molecule has 0 unspecified atom stereocenters. The number of ether oxygens (including phenoxy) is 1. The van der Waals surface area contributed by atoms with Crippen molar-refractivity contribution in [1.29, 1.82) is 0 Å². The molecule has 1 aromatic rings. The zero-order valence-corrected chi connectivity index (χ0v) is 17.5. The van der Waals surface area contributed by atoms with E-state index in [9.17, 15) is 8.42 Å². The molecule has 1 saturated carbocycles. The molecule has 0 spiro atoms. The smallest absolute Gasteiger partial charge is 0.282 e. The summed E-state index contributed by atoms with van der Waals surface area (Å²) in [5.74, 6) is 0. The first kappa shape index (κ1) is 19.5. The Morgan fingerprint density at radius 1 is 1.11 bits per heavy atom. The second-order valence-corrected chi connectivity index (χ2v) is 10.1. The molecule has 2 atom stereocenters. The number of rotatable bonds is 5. The van der Waals surface area contributed by atoms with Gasteiger partial charge in [-0.25, -0.2) is 4.68 Å². The Morgan fingerprint density at radius 2 is 1.74 bits per heavy atom. The number of hydrogen-bond acceptors (Lipinski definition) is 6. The van der Waals surface area contributed by atoms with E-state index in [-0.39, 0.29) is 12.2 Å². The summed E-state index contributed by atoms with van der Waals surface area (Å²) >= 11 is 5.51. The van der Waals surface area contributed by atoms with Gasteiger partial charge in [-0.1, -0.05) is 0 Å². The zero-order chi connectivity index (χ0) is 19.2. The Labute approximate surface area is 165 Å². The standard InChI is InChI=1S/C16H28N6O3S2/c1-13-9-20(10-14(2)25-13)27(23,24)19-7-5-18(6-8-19)12-22-16(26)21(11-17-22)15-3-4-15/h11,13-15H,3-10,12H2,1-2H3/t13-,14+. The maximum absolute atomic E-state index is 13.0. The molecule has 3 aliphatic rings. The van der Waals surface area contributed by atoms with Crippen molar-refractivity contribution in [2.75, 3.05) is 39.3 Å². The monoisotopic (exact) mass is 416 g/mol. The Kier molecular flexibility index (Phi) is 5.43. The highest BCUT2D eigenvalue weighted by atomic mass is 32.2. The van der Waals surface area contributed by atoms with Gasteiger partial charge in [-0.3, -0.25) is 4.90 Å². The average Bonchev–Trinajstić information content (AvgIpc) is 3.40. The molecule has 0 N–H and O–H groups in total. The molecule has 0 aromatic carbocycles. The fourth-order valence-corrected chi connectivity index (χ4v) is 5.87. The normalized spacial score (nSPS) is 29.3. The van der Waals surface area contributed by atoms with Gasteiger partial charge in [0.1, 0.15) is 6.33 Å². The summed E-state index contributed by atoms with van der Waals surface area (Å²) in [4.78, 5) is 2.20. The summed E-state index contributed by atoms with van der Waals surface area (Å²) in [5, 5.41) is 4.41. The number of aromatic nitrogens is 3. The number of nitrogens with zero attached hydrogens (tertiary/aromatic N) is 6. The van der Waals surface area contributed by atoms with E-state index in [1.807, 2.05) is 24.9 Å². The number of morpholine rings is 1. The summed E-state index contributed by atoms with van der Waals surface area (Å²) in [6.45, 7) is 7.60. The first-order valence-electron chi connectivity index (χ1n) is 9.61. The third kappa shape index (κ3) is 4.13. The lowest BCUT2D eigenvalue weighted by Crippen LogP contribution is -2.57. The molecule has 3 heterocycles. The molecular weight excluding hydrogens is 388 g/mol. The van der Waals surface area contributed by atoms with Crippen LogP contribution in [0.15, 0.2) is 6.33 Å². The van der Waals surface area contributed by atoms with E-state index in [0.29, 0.717) is 52.0 Å². The quantitative estimate of drug-likeness (QED) is 0.657. The molecule has 11 heteroatoms. The van der Waals surface area contributed by atoms with Crippen molar-refractivity contribution >= 4 is 22.4 Å². The molecule has 0 radical (unpaired) electrons. The summed E-state index contributed by atoms with van der Waals surface area (Å²) in [5.41, 5.74) is 0. The van der Waals surface area contributed by atoms with E-state index in [2.05, 4.69) is 14.6 Å². The molecule has 27 heavy (non-hydrogen) atoms. The molecule has 4 rings (SSSR count). The van der Waals surface area contributed by atoms with Crippen molar-refractivity contribution in [2.24, 2.45) is 0 Å². The van der Waals surface area contributed by atoms with Crippen molar-refractivity contribution in [2.45, 2.75) is 51.6 Å². The predicted octanol–water partition coefficient (Wildman–Crippen LogP) is 0.678. The van der Waals surface area contributed by atoms with Crippen LogP contribution in [-0.4, -0.2) is 87.8 Å². The van der Waals surface area contributed by atoms with E-state index in [4.69, 9.17) is 17.0 Å². The minimum atomic E-state index is -3.44. The van der Waals surface area contributed by atoms with Crippen LogP contribution in [0.1, 0.15) is 32.7 Å². The molecule has 0 bridgehead atoms. The molecular formula is C16H28N6O3S2. The minimum absolute atomic E-state index is 0.0757. The number of piperazine rings is 1. The van der Waals surface area contributed by atoms with Crippen LogP contribution in [0.3, 0.4) is 0 Å². The van der Waals surface area contributed by atoms with E-state index in [1.54, 1.807) is 8.61 Å². The molecule has 1 aromatic heterocycles. The SMILES string of the molecule is C[C@@H]1CN(S(=O)(=O)N2CCN(Cn3ncn(C4CC4)c3=S)CC2)C[C@H](C)O1. The molecule has 3 fully saturated rings. The maximum atomic E-state index is 13.0. The predicted molar refractivity (Wildman–Crippen MR) is 103 cm³/mol. The van der Waals surface area contributed by atoms with Crippen molar-refractivity contribution in [3.63, 3.8) is 0 Å². The third-order valence-electron chi connectivity index (χ3n) is 5.40. The van der Waals surface area contributed by atoms with Crippen molar-refractivity contribution < 1.29 is 13.2 Å². The van der Waals surface area contributed by atoms with Crippen LogP contribution in [0.5, 0.6) is 0 Å². The van der Waals surface area contributed by atoms with Gasteiger partial charge in [-0.2, -0.15) is 22.1 Å². The summed E-state index contributed by atoms with van der Waals surface area (Å²) in [6, 6.07) is 0.520. The highest BCUT2D eigenvalue weighted by Gasteiger charge is 2.36. The largest absolute Gasteiger partial charge is 0.373 e. The summed E-state index contributed by atoms with van der Waals surface area (Å²) in [6.07, 6.45) is 4.02. The molecule has 9 nitrogen and oxygen atoms in total. The van der Waals surface area contributed by atoms with Crippen LogP contribution in [0.4, 0.5) is 0 Å². The lowest BCUT2D eigenvalue weighted by molar-refractivity contribution is -0.0458. The van der Waals surface area contributed by atoms with Gasteiger partial charge in [0.2, 0.25) is 0 Å². The topological polar surface area (TPSA) is 75.8 Å². The average molecular weight is 417 g/mol. The van der Waals surface area contributed by atoms with Gasteiger partial charge in [0, 0.05) is 45.3 Å². The molecule has 152 valence electrons. The van der Waals surface area contributed by atoms with Crippen molar-refractivity contribution in [1.82, 2.24) is 27.9 Å². The van der Waals surface area contributed by atoms with Crippen LogP contribution in [-0.2, 0) is 21.6 Å². The Hall–Kier alpha value is -0.850. The van der Waals surface area contributed by atoms with Crippen LogP contribution < -0.4 is 0 Å². The van der Waals surface area contributed by atoms with E-state index in [1.165, 1.54) is 12.8 Å². The molecule has 2 aliphatic heterocycles. The Balaban J connectivity index is 1.35. The first-order chi connectivity index (χ1) is 12.8. The van der Waals surface area contributed by atoms with Crippen LogP contribution >= 0.6 is 12.2 Å². The van der Waals surface area contributed by atoms with E-state index in [0.717, 1.165) is 4.77 Å². The first-order valence-corrected chi connectivity index (χ1v) is 11.4. The Bertz CT molecular complexity index is 815. The van der Waals surface area contributed by atoms with Crippen LogP contribution in [0.25, 0.3) is 0 Å². The van der Waals surface area contributed by atoms with E-state index >= 15 is 0 Å². The van der Waals surface area contributed by atoms with Crippen molar-refractivity contribution in [3.8, 4) is 0 Å². The van der Waals surface area contributed by atoms with Crippen molar-refractivity contribution in [3.05, 3.63) is 11.1 Å². The van der Waals surface area contributed by atoms with E-state index < -0.39 is 10.2 Å². The minimum Gasteiger partial charge on any atom is -0.373 e. The second-order valence-electron chi connectivity index (χ2n) is 7.79. The molecule has 1 aliphatic carbocycles. The fourth-order valence-electron chi connectivity index (χ4n) is 3.82.